The molecule has 2 heterocycles. The zero-order chi connectivity index (χ0) is 16.1. The Balaban J connectivity index is 1.47. The van der Waals surface area contributed by atoms with Gasteiger partial charge in [-0.3, -0.25) is 9.59 Å². The number of amides is 2. The number of hydrogen-bond acceptors (Lipinski definition) is 5. The van der Waals surface area contributed by atoms with Crippen LogP contribution in [-0.4, -0.2) is 57.3 Å². The zero-order valence-corrected chi connectivity index (χ0v) is 12.9. The normalized spacial score (nSPS) is 20.6. The first-order valence-electron chi connectivity index (χ1n) is 7.88. The number of anilines is 1. The highest BCUT2D eigenvalue weighted by Crippen LogP contribution is 2.31. The van der Waals surface area contributed by atoms with Crippen molar-refractivity contribution in [1.29, 1.82) is 0 Å². The number of ether oxygens (including phenoxy) is 2. The Morgan fingerprint density at radius 2 is 2.26 bits per heavy atom. The second kappa shape index (κ2) is 7.43. The van der Waals surface area contributed by atoms with Gasteiger partial charge in [0.1, 0.15) is 11.9 Å². The average molecular weight is 319 g/mol. The van der Waals surface area contributed by atoms with E-state index in [1.807, 2.05) is 24.3 Å². The zero-order valence-electron chi connectivity index (χ0n) is 12.9. The van der Waals surface area contributed by atoms with Crippen LogP contribution in [0.25, 0.3) is 0 Å². The van der Waals surface area contributed by atoms with Crippen LogP contribution in [0.5, 0.6) is 5.75 Å². The van der Waals surface area contributed by atoms with E-state index in [0.29, 0.717) is 32.7 Å². The van der Waals surface area contributed by atoms with Crippen molar-refractivity contribution in [1.82, 2.24) is 10.6 Å². The lowest BCUT2D eigenvalue weighted by atomic mass is 10.2. The van der Waals surface area contributed by atoms with Gasteiger partial charge in [-0.05, 0) is 18.6 Å². The van der Waals surface area contributed by atoms with E-state index in [9.17, 15) is 9.59 Å². The molecule has 2 amide bonds. The van der Waals surface area contributed by atoms with Crippen molar-refractivity contribution >= 4 is 17.5 Å². The molecule has 1 saturated heterocycles. The molecule has 2 aliphatic rings. The lowest BCUT2D eigenvalue weighted by Gasteiger charge is -2.29. The Hall–Kier alpha value is -2.12. The molecule has 23 heavy (non-hydrogen) atoms. The van der Waals surface area contributed by atoms with Crippen molar-refractivity contribution in [2.75, 3.05) is 44.3 Å². The summed E-state index contributed by atoms with van der Waals surface area (Å²) in [7, 11) is 0. The van der Waals surface area contributed by atoms with E-state index < -0.39 is 6.10 Å². The minimum absolute atomic E-state index is 0.0603. The number of morpholine rings is 1. The van der Waals surface area contributed by atoms with Crippen molar-refractivity contribution in [3.8, 4) is 5.75 Å². The van der Waals surface area contributed by atoms with Gasteiger partial charge in [0.05, 0.1) is 12.3 Å². The van der Waals surface area contributed by atoms with E-state index in [4.69, 9.17) is 9.47 Å². The Bertz CT molecular complexity index is 572. The van der Waals surface area contributed by atoms with E-state index in [2.05, 4.69) is 10.6 Å². The van der Waals surface area contributed by atoms with Crippen LogP contribution in [0, 0.1) is 0 Å². The van der Waals surface area contributed by atoms with E-state index in [-0.39, 0.29) is 18.4 Å². The minimum atomic E-state index is -0.422. The van der Waals surface area contributed by atoms with Crippen LogP contribution in [-0.2, 0) is 14.3 Å². The molecule has 0 bridgehead atoms. The van der Waals surface area contributed by atoms with Gasteiger partial charge in [0.25, 0.3) is 5.91 Å². The molecule has 0 aromatic heterocycles. The second-order valence-corrected chi connectivity index (χ2v) is 5.51. The summed E-state index contributed by atoms with van der Waals surface area (Å²) in [6, 6.07) is 7.48. The van der Waals surface area contributed by atoms with Gasteiger partial charge in [-0.15, -0.1) is 0 Å². The average Bonchev–Trinajstić information content (AvgIpc) is 2.60. The number of carbonyl (C=O) groups is 2. The number of nitrogens with one attached hydrogen (secondary N) is 2. The number of benzene rings is 1. The fourth-order valence-corrected chi connectivity index (χ4v) is 2.70. The summed E-state index contributed by atoms with van der Waals surface area (Å²) in [6.45, 7) is 2.99. The van der Waals surface area contributed by atoms with Gasteiger partial charge in [0.2, 0.25) is 5.91 Å². The maximum absolute atomic E-state index is 12.0. The first kappa shape index (κ1) is 15.8. The summed E-state index contributed by atoms with van der Waals surface area (Å²) < 4.78 is 10.8. The van der Waals surface area contributed by atoms with Crippen molar-refractivity contribution in [3.05, 3.63) is 24.3 Å². The highest BCUT2D eigenvalue weighted by Gasteiger charge is 2.25. The van der Waals surface area contributed by atoms with E-state index in [1.54, 1.807) is 4.90 Å². The number of hydrogen-bond donors (Lipinski definition) is 2. The Labute approximate surface area is 134 Å². The Kier molecular flexibility index (Phi) is 5.09. The van der Waals surface area contributed by atoms with E-state index >= 15 is 0 Å². The lowest BCUT2D eigenvalue weighted by molar-refractivity contribution is -0.134. The van der Waals surface area contributed by atoms with Gasteiger partial charge < -0.3 is 25.0 Å². The molecule has 3 rings (SSSR count). The molecule has 7 nitrogen and oxygen atoms in total. The summed E-state index contributed by atoms with van der Waals surface area (Å²) in [4.78, 5) is 25.7. The SMILES string of the molecule is O=C(NCCCN1C(=O)COc2ccccc21)C1CNCCO1. The molecule has 0 aliphatic carbocycles. The predicted molar refractivity (Wildman–Crippen MR) is 84.5 cm³/mol. The fraction of sp³-hybridized carbons (Fsp3) is 0.500. The van der Waals surface area contributed by atoms with Crippen molar-refractivity contribution in [3.63, 3.8) is 0 Å². The van der Waals surface area contributed by atoms with Crippen LogP contribution >= 0.6 is 0 Å². The van der Waals surface area contributed by atoms with E-state index in [1.165, 1.54) is 0 Å². The minimum Gasteiger partial charge on any atom is -0.482 e. The third-order valence-corrected chi connectivity index (χ3v) is 3.89. The van der Waals surface area contributed by atoms with Crippen LogP contribution in [0.4, 0.5) is 5.69 Å². The number of para-hydroxylation sites is 2. The summed E-state index contributed by atoms with van der Waals surface area (Å²) in [6.07, 6.45) is 0.251. The molecule has 0 spiro atoms. The van der Waals surface area contributed by atoms with Gasteiger partial charge >= 0.3 is 0 Å². The largest absolute Gasteiger partial charge is 0.482 e. The van der Waals surface area contributed by atoms with Crippen LogP contribution in [0.2, 0.25) is 0 Å². The maximum Gasteiger partial charge on any atom is 0.265 e. The molecule has 7 heteroatoms. The molecule has 1 fully saturated rings. The first-order chi connectivity index (χ1) is 11.3. The molecule has 0 saturated carbocycles. The smallest absolute Gasteiger partial charge is 0.265 e. The molecule has 0 radical (unpaired) electrons. The molecule has 1 aromatic carbocycles. The highest BCUT2D eigenvalue weighted by molar-refractivity contribution is 5.97. The van der Waals surface area contributed by atoms with Gasteiger partial charge in [-0.1, -0.05) is 12.1 Å². The molecular formula is C16H21N3O4. The molecule has 2 N–H and O–H groups in total. The van der Waals surface area contributed by atoms with Crippen molar-refractivity contribution in [2.24, 2.45) is 0 Å². The standard InChI is InChI=1S/C16H21N3O4/c20-15-11-23-13-5-2-1-4-12(13)19(15)8-3-6-18-16(21)14-10-17-7-9-22-14/h1-2,4-5,14,17H,3,6-11H2,(H,18,21). The number of fused-ring (bicyclic) bond motifs is 1. The topological polar surface area (TPSA) is 79.9 Å². The van der Waals surface area contributed by atoms with E-state index in [0.717, 1.165) is 18.0 Å². The Morgan fingerprint density at radius 1 is 1.39 bits per heavy atom. The van der Waals surface area contributed by atoms with Crippen molar-refractivity contribution < 1.29 is 19.1 Å². The summed E-state index contributed by atoms with van der Waals surface area (Å²) >= 11 is 0. The maximum atomic E-state index is 12.0. The van der Waals surface area contributed by atoms with Gasteiger partial charge in [0.15, 0.2) is 6.61 Å². The van der Waals surface area contributed by atoms with Gasteiger partial charge in [-0.2, -0.15) is 0 Å². The molecule has 1 aromatic rings. The number of nitrogens with zero attached hydrogens (tertiary/aromatic N) is 1. The fourth-order valence-electron chi connectivity index (χ4n) is 2.70. The summed E-state index contributed by atoms with van der Waals surface area (Å²) in [5.74, 6) is 0.554. The highest BCUT2D eigenvalue weighted by atomic mass is 16.5. The lowest BCUT2D eigenvalue weighted by Crippen LogP contribution is -2.48. The van der Waals surface area contributed by atoms with Crippen LogP contribution in [0.1, 0.15) is 6.42 Å². The van der Waals surface area contributed by atoms with Crippen LogP contribution in [0.3, 0.4) is 0 Å². The summed E-state index contributed by atoms with van der Waals surface area (Å²) in [5.41, 5.74) is 0.787. The number of carbonyl (C=O) groups excluding carboxylic acids is 2. The van der Waals surface area contributed by atoms with Crippen molar-refractivity contribution in [2.45, 2.75) is 12.5 Å². The monoisotopic (exact) mass is 319 g/mol. The molecular weight excluding hydrogens is 298 g/mol. The first-order valence-corrected chi connectivity index (χ1v) is 7.88. The third kappa shape index (κ3) is 3.80. The van der Waals surface area contributed by atoms with Gasteiger partial charge in [0, 0.05) is 26.2 Å². The molecule has 1 atom stereocenters. The molecule has 2 aliphatic heterocycles. The predicted octanol–water partition coefficient (Wildman–Crippen LogP) is -0.0933. The molecule has 1 unspecified atom stereocenters. The van der Waals surface area contributed by atoms with Crippen LogP contribution < -0.4 is 20.3 Å². The van der Waals surface area contributed by atoms with Gasteiger partial charge in [-0.25, -0.2) is 0 Å². The van der Waals surface area contributed by atoms with Crippen LogP contribution in [0.15, 0.2) is 24.3 Å². The quantitative estimate of drug-likeness (QED) is 0.741. The third-order valence-electron chi connectivity index (χ3n) is 3.89. The number of rotatable bonds is 5. The second-order valence-electron chi connectivity index (χ2n) is 5.51. The Morgan fingerprint density at radius 3 is 3.09 bits per heavy atom. The summed E-state index contributed by atoms with van der Waals surface area (Å²) in [5, 5.41) is 5.98. The molecule has 124 valence electrons.